The third-order valence-corrected chi connectivity index (χ3v) is 7.09. The van der Waals surface area contributed by atoms with Crippen molar-refractivity contribution in [2.24, 2.45) is 5.92 Å². The second-order valence-electron chi connectivity index (χ2n) is 8.01. The first kappa shape index (κ1) is 22.8. The average Bonchev–Trinajstić information content (AvgIpc) is 3.42. The minimum atomic E-state index is -3.81. The van der Waals surface area contributed by atoms with Crippen molar-refractivity contribution < 1.29 is 17.9 Å². The third-order valence-electron chi connectivity index (χ3n) is 4.79. The number of halogens is 2. The molecule has 1 heterocycles. The van der Waals surface area contributed by atoms with Gasteiger partial charge in [0.15, 0.2) is 0 Å². The first-order valence-electron chi connectivity index (χ1n) is 9.79. The molecule has 1 saturated carbocycles. The van der Waals surface area contributed by atoms with Crippen LogP contribution >= 0.6 is 23.2 Å². The molecule has 1 saturated heterocycles. The highest BCUT2D eigenvalue weighted by atomic mass is 35.5. The van der Waals surface area contributed by atoms with Crippen molar-refractivity contribution in [2.75, 3.05) is 32.8 Å². The van der Waals surface area contributed by atoms with Crippen LogP contribution in [0.15, 0.2) is 17.0 Å². The van der Waals surface area contributed by atoms with Gasteiger partial charge in [0.25, 0.3) is 5.91 Å². The summed E-state index contributed by atoms with van der Waals surface area (Å²) in [5.74, 6) is 0.0972. The molecule has 3 rings (SSSR count). The first-order valence-corrected chi connectivity index (χ1v) is 12.0. The van der Waals surface area contributed by atoms with Gasteiger partial charge in [-0.2, -0.15) is 0 Å². The van der Waals surface area contributed by atoms with Gasteiger partial charge in [-0.05, 0) is 30.9 Å². The van der Waals surface area contributed by atoms with Gasteiger partial charge in [0, 0.05) is 32.2 Å². The van der Waals surface area contributed by atoms with E-state index in [9.17, 15) is 13.2 Å². The SMILES string of the molecule is CC(C)CN1CCO[C@H](CNC(=O)c2cc(S(=O)(=O)NC3CC3)c(Cl)cc2Cl)C1. The molecule has 0 unspecified atom stereocenters. The van der Waals surface area contributed by atoms with E-state index in [1.807, 2.05) is 0 Å². The zero-order valence-electron chi connectivity index (χ0n) is 16.6. The van der Waals surface area contributed by atoms with E-state index in [2.05, 4.69) is 28.8 Å². The van der Waals surface area contributed by atoms with E-state index in [0.29, 0.717) is 19.1 Å². The average molecular weight is 464 g/mol. The fourth-order valence-corrected chi connectivity index (χ4v) is 5.44. The van der Waals surface area contributed by atoms with E-state index in [0.717, 1.165) is 32.5 Å². The van der Waals surface area contributed by atoms with E-state index >= 15 is 0 Å². The van der Waals surface area contributed by atoms with Crippen LogP contribution in [0, 0.1) is 5.92 Å². The lowest BCUT2D eigenvalue weighted by Gasteiger charge is -2.34. The van der Waals surface area contributed by atoms with Crippen molar-refractivity contribution in [3.63, 3.8) is 0 Å². The number of amides is 1. The highest BCUT2D eigenvalue weighted by molar-refractivity contribution is 7.89. The molecule has 2 fully saturated rings. The number of rotatable bonds is 8. The lowest BCUT2D eigenvalue weighted by Crippen LogP contribution is -2.48. The van der Waals surface area contributed by atoms with E-state index in [1.165, 1.54) is 12.1 Å². The van der Waals surface area contributed by atoms with Crippen molar-refractivity contribution in [2.45, 2.75) is 43.7 Å². The topological polar surface area (TPSA) is 87.7 Å². The zero-order chi connectivity index (χ0) is 21.2. The van der Waals surface area contributed by atoms with E-state index in [4.69, 9.17) is 27.9 Å². The number of hydrogen-bond acceptors (Lipinski definition) is 5. The molecule has 0 bridgehead atoms. The van der Waals surface area contributed by atoms with Gasteiger partial charge in [0.05, 0.1) is 28.3 Å². The van der Waals surface area contributed by atoms with Crippen molar-refractivity contribution in [1.29, 1.82) is 0 Å². The lowest BCUT2D eigenvalue weighted by molar-refractivity contribution is -0.0295. The van der Waals surface area contributed by atoms with Gasteiger partial charge in [-0.15, -0.1) is 0 Å². The van der Waals surface area contributed by atoms with Crippen LogP contribution in [0.5, 0.6) is 0 Å². The second-order valence-corrected chi connectivity index (χ2v) is 10.5. The minimum absolute atomic E-state index is 0.0142. The number of benzene rings is 1. The van der Waals surface area contributed by atoms with E-state index in [-0.39, 0.29) is 32.7 Å². The van der Waals surface area contributed by atoms with Gasteiger partial charge >= 0.3 is 0 Å². The molecule has 162 valence electrons. The van der Waals surface area contributed by atoms with Crippen molar-refractivity contribution in [3.8, 4) is 0 Å². The summed E-state index contributed by atoms with van der Waals surface area (Å²) in [5.41, 5.74) is 0.0714. The quantitative estimate of drug-likeness (QED) is 0.618. The molecule has 2 aliphatic rings. The summed E-state index contributed by atoms with van der Waals surface area (Å²) in [6.07, 6.45) is 1.47. The molecule has 10 heteroatoms. The summed E-state index contributed by atoms with van der Waals surface area (Å²) in [4.78, 5) is 14.8. The fraction of sp³-hybridized carbons (Fsp3) is 0.632. The molecule has 1 aliphatic heterocycles. The number of morpholine rings is 1. The number of carbonyl (C=O) groups excluding carboxylic acids is 1. The van der Waals surface area contributed by atoms with Crippen LogP contribution in [0.2, 0.25) is 10.0 Å². The number of hydrogen-bond donors (Lipinski definition) is 2. The summed E-state index contributed by atoms with van der Waals surface area (Å²) in [6.45, 7) is 7.85. The largest absolute Gasteiger partial charge is 0.374 e. The first-order chi connectivity index (χ1) is 13.7. The molecule has 29 heavy (non-hydrogen) atoms. The summed E-state index contributed by atoms with van der Waals surface area (Å²) < 4.78 is 33.3. The van der Waals surface area contributed by atoms with Gasteiger partial charge < -0.3 is 10.1 Å². The van der Waals surface area contributed by atoms with Crippen LogP contribution in [0.25, 0.3) is 0 Å². The van der Waals surface area contributed by atoms with Crippen LogP contribution in [-0.2, 0) is 14.8 Å². The van der Waals surface area contributed by atoms with E-state index in [1.54, 1.807) is 0 Å². The number of nitrogens with one attached hydrogen (secondary N) is 2. The summed E-state index contributed by atoms with van der Waals surface area (Å²) >= 11 is 12.3. The highest BCUT2D eigenvalue weighted by Gasteiger charge is 2.30. The number of ether oxygens (including phenoxy) is 1. The Hall–Kier alpha value is -0.900. The predicted molar refractivity (Wildman–Crippen MR) is 113 cm³/mol. The molecule has 0 spiro atoms. The van der Waals surface area contributed by atoms with Crippen molar-refractivity contribution in [3.05, 3.63) is 27.7 Å². The van der Waals surface area contributed by atoms with Gasteiger partial charge in [0.1, 0.15) is 4.90 Å². The number of nitrogens with zero attached hydrogens (tertiary/aromatic N) is 1. The summed E-state index contributed by atoms with van der Waals surface area (Å²) in [7, 11) is -3.81. The fourth-order valence-electron chi connectivity index (χ4n) is 3.28. The monoisotopic (exact) mass is 463 g/mol. The second kappa shape index (κ2) is 9.49. The number of sulfonamides is 1. The molecular formula is C19H27Cl2N3O4S. The molecule has 1 atom stereocenters. The van der Waals surface area contributed by atoms with Gasteiger partial charge in [0.2, 0.25) is 10.0 Å². The van der Waals surface area contributed by atoms with Crippen LogP contribution < -0.4 is 10.0 Å². The third kappa shape index (κ3) is 6.29. The predicted octanol–water partition coefficient (Wildman–Crippen LogP) is 2.52. The normalized spacial score (nSPS) is 20.8. The molecule has 0 radical (unpaired) electrons. The molecule has 1 amide bonds. The molecule has 7 nitrogen and oxygen atoms in total. The molecule has 0 aromatic heterocycles. The van der Waals surface area contributed by atoms with Gasteiger partial charge in [-0.25, -0.2) is 13.1 Å². The smallest absolute Gasteiger partial charge is 0.252 e. The Labute approximate surface area is 182 Å². The highest BCUT2D eigenvalue weighted by Crippen LogP contribution is 2.30. The molecular weight excluding hydrogens is 437 g/mol. The van der Waals surface area contributed by atoms with Crippen LogP contribution in [0.3, 0.4) is 0 Å². The maximum Gasteiger partial charge on any atom is 0.252 e. The van der Waals surface area contributed by atoms with Crippen molar-refractivity contribution >= 4 is 39.1 Å². The Balaban J connectivity index is 1.66. The maximum absolute atomic E-state index is 12.7. The number of carbonyl (C=O) groups is 1. The molecule has 1 aromatic carbocycles. The van der Waals surface area contributed by atoms with Gasteiger partial charge in [-0.3, -0.25) is 9.69 Å². The maximum atomic E-state index is 12.7. The summed E-state index contributed by atoms with van der Waals surface area (Å²) in [5, 5.41) is 2.89. The molecule has 1 aliphatic carbocycles. The van der Waals surface area contributed by atoms with Crippen LogP contribution in [0.1, 0.15) is 37.0 Å². The molecule has 1 aromatic rings. The van der Waals surface area contributed by atoms with E-state index < -0.39 is 15.9 Å². The Morgan fingerprint density at radius 1 is 1.28 bits per heavy atom. The summed E-state index contributed by atoms with van der Waals surface area (Å²) in [6, 6.07) is 2.46. The Morgan fingerprint density at radius 2 is 2.00 bits per heavy atom. The van der Waals surface area contributed by atoms with Crippen molar-refractivity contribution in [1.82, 2.24) is 14.9 Å². The van der Waals surface area contributed by atoms with Crippen LogP contribution in [-0.4, -0.2) is 64.2 Å². The van der Waals surface area contributed by atoms with Crippen LogP contribution in [0.4, 0.5) is 0 Å². The zero-order valence-corrected chi connectivity index (χ0v) is 18.9. The lowest BCUT2D eigenvalue weighted by atomic mass is 10.1. The molecule has 2 N–H and O–H groups in total. The standard InChI is InChI=1S/C19H27Cl2N3O4S/c1-12(2)10-24-5-6-28-14(11-24)9-22-19(25)15-7-18(17(21)8-16(15)20)29(26,27)23-13-3-4-13/h7-8,12-14,23H,3-6,9-11H2,1-2H3,(H,22,25)/t14-/m1/s1. The Kier molecular flexibility index (Phi) is 7.46. The van der Waals surface area contributed by atoms with Gasteiger partial charge in [-0.1, -0.05) is 37.0 Å². The minimum Gasteiger partial charge on any atom is -0.374 e. The Bertz CT molecular complexity index is 859. The Morgan fingerprint density at radius 3 is 2.66 bits per heavy atom.